The molecule has 0 bridgehead atoms. The normalized spacial score (nSPS) is 10.7. The van der Waals surface area contributed by atoms with Gasteiger partial charge in [-0.15, -0.1) is 0 Å². The maximum absolute atomic E-state index is 9.21. The van der Waals surface area contributed by atoms with E-state index in [9.17, 15) is 5.11 Å². The third-order valence-electron chi connectivity index (χ3n) is 2.55. The predicted molar refractivity (Wildman–Crippen MR) is 73.4 cm³/mol. The third kappa shape index (κ3) is 5.02. The Labute approximate surface area is 117 Å². The lowest BCUT2D eigenvalue weighted by molar-refractivity contribution is 0.256. The Hall–Kier alpha value is -0.480. The summed E-state index contributed by atoms with van der Waals surface area (Å²) in [6.07, 6.45) is 3.70. The molecule has 0 radical (unpaired) electrons. The van der Waals surface area contributed by atoms with Crippen LogP contribution in [0.2, 0.25) is 10.0 Å². The molecule has 1 aromatic rings. The van der Waals surface area contributed by atoms with Crippen LogP contribution in [0.25, 0.3) is 0 Å². The molecule has 1 aromatic carbocycles. The van der Waals surface area contributed by atoms with E-state index in [0.717, 1.165) is 25.7 Å². The molecule has 0 aliphatic rings. The Balaban J connectivity index is 2.46. The lowest BCUT2D eigenvalue weighted by Crippen LogP contribution is -2.01. The van der Waals surface area contributed by atoms with Gasteiger partial charge in [-0.1, -0.05) is 29.6 Å². The highest BCUT2D eigenvalue weighted by Gasteiger charge is 2.09. The molecule has 0 amide bonds. The van der Waals surface area contributed by atoms with Crippen LogP contribution in [0.4, 0.5) is 0 Å². The van der Waals surface area contributed by atoms with Gasteiger partial charge in [-0.05, 0) is 31.4 Å². The summed E-state index contributed by atoms with van der Waals surface area (Å²) in [4.78, 5) is 0. The minimum atomic E-state index is -0.153. The average Bonchev–Trinajstić information content (AvgIpc) is 2.35. The minimum absolute atomic E-state index is 0.153. The number of aliphatic hydroxyl groups is 2. The number of halogens is 2. The second kappa shape index (κ2) is 8.59. The van der Waals surface area contributed by atoms with E-state index < -0.39 is 0 Å². The molecule has 0 aliphatic heterocycles. The molecule has 2 N–H and O–H groups in total. The maximum Gasteiger partial charge on any atom is 0.143 e. The molecule has 0 saturated heterocycles. The lowest BCUT2D eigenvalue weighted by Gasteiger charge is -2.12. The van der Waals surface area contributed by atoms with E-state index in [0.29, 0.717) is 28.0 Å². The van der Waals surface area contributed by atoms with Gasteiger partial charge in [-0.2, -0.15) is 0 Å². The topological polar surface area (TPSA) is 49.7 Å². The van der Waals surface area contributed by atoms with Gasteiger partial charge in [-0.3, -0.25) is 0 Å². The average molecular weight is 293 g/mol. The smallest absolute Gasteiger partial charge is 0.143 e. The number of aliphatic hydroxyl groups excluding tert-OH is 2. The number of hydrogen-bond acceptors (Lipinski definition) is 3. The zero-order valence-corrected chi connectivity index (χ0v) is 11.7. The molecular formula is C13H18Cl2O3. The van der Waals surface area contributed by atoms with Crippen molar-refractivity contribution < 1.29 is 14.9 Å². The van der Waals surface area contributed by atoms with Crippen LogP contribution >= 0.6 is 23.2 Å². The van der Waals surface area contributed by atoms with E-state index in [1.807, 2.05) is 0 Å². The summed E-state index contributed by atoms with van der Waals surface area (Å²) in [6, 6.07) is 3.25. The van der Waals surface area contributed by atoms with Crippen LogP contribution in [0.1, 0.15) is 31.2 Å². The summed E-state index contributed by atoms with van der Waals surface area (Å²) in [7, 11) is 0. The fourth-order valence-electron chi connectivity index (χ4n) is 1.63. The summed E-state index contributed by atoms with van der Waals surface area (Å²) < 4.78 is 5.58. The van der Waals surface area contributed by atoms with Gasteiger partial charge in [0.25, 0.3) is 0 Å². The molecular weight excluding hydrogens is 275 g/mol. The summed E-state index contributed by atoms with van der Waals surface area (Å²) in [5.74, 6) is 0.505. The fourth-order valence-corrected chi connectivity index (χ4v) is 2.22. The van der Waals surface area contributed by atoms with Crippen LogP contribution in [-0.4, -0.2) is 23.4 Å². The fraction of sp³-hybridized carbons (Fsp3) is 0.538. The number of rotatable bonds is 8. The van der Waals surface area contributed by atoms with Crippen LogP contribution in [0.15, 0.2) is 12.1 Å². The predicted octanol–water partition coefficient (Wildman–Crippen LogP) is 3.42. The zero-order valence-electron chi connectivity index (χ0n) is 10.2. The van der Waals surface area contributed by atoms with Gasteiger partial charge in [0.15, 0.2) is 0 Å². The first kappa shape index (κ1) is 15.6. The van der Waals surface area contributed by atoms with Crippen LogP contribution < -0.4 is 4.74 Å². The van der Waals surface area contributed by atoms with Crippen LogP contribution in [0.3, 0.4) is 0 Å². The Morgan fingerprint density at radius 1 is 1.00 bits per heavy atom. The largest absolute Gasteiger partial charge is 0.492 e. The van der Waals surface area contributed by atoms with Crippen LogP contribution in [0, 0.1) is 0 Å². The molecule has 18 heavy (non-hydrogen) atoms. The van der Waals surface area contributed by atoms with Crippen molar-refractivity contribution >= 4 is 23.2 Å². The van der Waals surface area contributed by atoms with E-state index >= 15 is 0 Å². The van der Waals surface area contributed by atoms with Crippen molar-refractivity contribution in [2.24, 2.45) is 0 Å². The number of benzene rings is 1. The van der Waals surface area contributed by atoms with Gasteiger partial charge >= 0.3 is 0 Å². The second-order valence-corrected chi connectivity index (χ2v) is 4.86. The summed E-state index contributed by atoms with van der Waals surface area (Å²) in [5.41, 5.74) is 0.600. The van der Waals surface area contributed by atoms with E-state index in [4.69, 9.17) is 33.0 Å². The quantitative estimate of drug-likeness (QED) is 0.722. The standard InChI is InChI=1S/C13H18Cl2O3/c14-11-7-10(9-17)13(12(15)8-11)18-6-4-2-1-3-5-16/h7-8,16-17H,1-6,9H2. The van der Waals surface area contributed by atoms with Crippen molar-refractivity contribution in [3.05, 3.63) is 27.7 Å². The molecule has 3 nitrogen and oxygen atoms in total. The Morgan fingerprint density at radius 2 is 1.72 bits per heavy atom. The molecule has 5 heteroatoms. The molecule has 1 rings (SSSR count). The van der Waals surface area contributed by atoms with E-state index in [1.165, 1.54) is 0 Å². The highest BCUT2D eigenvalue weighted by Crippen LogP contribution is 2.32. The van der Waals surface area contributed by atoms with Crippen molar-refractivity contribution in [2.75, 3.05) is 13.2 Å². The van der Waals surface area contributed by atoms with Crippen LogP contribution in [0.5, 0.6) is 5.75 Å². The van der Waals surface area contributed by atoms with Crippen molar-refractivity contribution in [3.63, 3.8) is 0 Å². The molecule has 0 saturated carbocycles. The van der Waals surface area contributed by atoms with Crippen molar-refractivity contribution in [1.29, 1.82) is 0 Å². The first-order chi connectivity index (χ1) is 8.69. The first-order valence-corrected chi connectivity index (χ1v) is 6.77. The minimum Gasteiger partial charge on any atom is -0.492 e. The van der Waals surface area contributed by atoms with Gasteiger partial charge in [0.1, 0.15) is 5.75 Å². The summed E-state index contributed by atoms with van der Waals surface area (Å²) >= 11 is 11.9. The maximum atomic E-state index is 9.21. The highest BCUT2D eigenvalue weighted by molar-refractivity contribution is 6.35. The SMILES string of the molecule is OCCCCCCOc1c(Cl)cc(Cl)cc1CO. The van der Waals surface area contributed by atoms with Crippen molar-refractivity contribution in [2.45, 2.75) is 32.3 Å². The van der Waals surface area contributed by atoms with E-state index in [1.54, 1.807) is 12.1 Å². The molecule has 0 aromatic heterocycles. The number of ether oxygens (including phenoxy) is 1. The summed E-state index contributed by atoms with van der Waals surface area (Å²) in [5, 5.41) is 18.8. The van der Waals surface area contributed by atoms with Gasteiger partial charge in [0.05, 0.1) is 18.2 Å². The Bertz CT molecular complexity index is 369. The molecule has 0 fully saturated rings. The number of hydrogen-bond donors (Lipinski definition) is 2. The molecule has 102 valence electrons. The number of unbranched alkanes of at least 4 members (excludes halogenated alkanes) is 3. The summed E-state index contributed by atoms with van der Waals surface area (Å²) in [6.45, 7) is 0.623. The third-order valence-corrected chi connectivity index (χ3v) is 3.05. The van der Waals surface area contributed by atoms with Crippen molar-refractivity contribution in [1.82, 2.24) is 0 Å². The molecule has 0 atom stereocenters. The molecule has 0 heterocycles. The highest BCUT2D eigenvalue weighted by atomic mass is 35.5. The molecule has 0 spiro atoms. The van der Waals surface area contributed by atoms with Crippen LogP contribution in [-0.2, 0) is 6.61 Å². The second-order valence-electron chi connectivity index (χ2n) is 4.02. The van der Waals surface area contributed by atoms with Gasteiger partial charge in [0, 0.05) is 17.2 Å². The Kier molecular flexibility index (Phi) is 7.44. The van der Waals surface area contributed by atoms with E-state index in [-0.39, 0.29) is 13.2 Å². The zero-order chi connectivity index (χ0) is 13.4. The van der Waals surface area contributed by atoms with Gasteiger partial charge in [0.2, 0.25) is 0 Å². The molecule has 0 unspecified atom stereocenters. The molecule has 0 aliphatic carbocycles. The first-order valence-electron chi connectivity index (χ1n) is 6.01. The van der Waals surface area contributed by atoms with E-state index in [2.05, 4.69) is 0 Å². The Morgan fingerprint density at radius 3 is 2.39 bits per heavy atom. The van der Waals surface area contributed by atoms with Gasteiger partial charge in [-0.25, -0.2) is 0 Å². The lowest BCUT2D eigenvalue weighted by atomic mass is 10.2. The van der Waals surface area contributed by atoms with Gasteiger partial charge < -0.3 is 14.9 Å². The monoisotopic (exact) mass is 292 g/mol. The van der Waals surface area contributed by atoms with Crippen molar-refractivity contribution in [3.8, 4) is 5.75 Å².